The lowest BCUT2D eigenvalue weighted by atomic mass is 9.44. The second kappa shape index (κ2) is 5.35. The topological polar surface area (TPSA) is 54.4 Å². The van der Waals surface area contributed by atoms with Gasteiger partial charge in [-0.2, -0.15) is 0 Å². The van der Waals surface area contributed by atoms with E-state index < -0.39 is 21.6 Å². The molecule has 3 aliphatic rings. The molecule has 0 spiro atoms. The Morgan fingerprint density at radius 2 is 2.00 bits per heavy atom. The number of ketones is 1. The maximum atomic E-state index is 12.0. The monoisotopic (exact) mass is 356 g/mol. The third kappa shape index (κ3) is 2.23. The quantitative estimate of drug-likeness (QED) is 0.739. The molecule has 3 aliphatic carbocycles. The Morgan fingerprint density at radius 3 is 2.61 bits per heavy atom. The van der Waals surface area contributed by atoms with Crippen LogP contribution in [0.3, 0.4) is 0 Å². The summed E-state index contributed by atoms with van der Waals surface area (Å²) in [7, 11) is 0. The molecule has 0 aromatic rings. The van der Waals surface area contributed by atoms with Gasteiger partial charge in [-0.3, -0.25) is 9.59 Å². The van der Waals surface area contributed by atoms with Crippen molar-refractivity contribution in [1.82, 2.24) is 0 Å². The maximum Gasteiger partial charge on any atom is 0.309 e. The van der Waals surface area contributed by atoms with Crippen LogP contribution in [0.25, 0.3) is 0 Å². The second-order valence-electron chi connectivity index (χ2n) is 7.72. The van der Waals surface area contributed by atoms with E-state index in [0.717, 1.165) is 24.8 Å². The molecule has 0 unspecified atom stereocenters. The Morgan fingerprint density at radius 1 is 1.30 bits per heavy atom. The Balaban J connectivity index is 2.14. The van der Waals surface area contributed by atoms with Crippen LogP contribution in [0.15, 0.2) is 23.8 Å². The van der Waals surface area contributed by atoms with Crippen LogP contribution in [0, 0.1) is 22.2 Å². The van der Waals surface area contributed by atoms with E-state index in [4.69, 9.17) is 23.2 Å². The van der Waals surface area contributed by atoms with Crippen molar-refractivity contribution in [3.05, 3.63) is 23.8 Å². The smallest absolute Gasteiger partial charge is 0.309 e. The Kier molecular flexibility index (Phi) is 3.97. The van der Waals surface area contributed by atoms with Gasteiger partial charge in [0.25, 0.3) is 0 Å². The SMILES string of the molecule is C[C@]1(C(=O)O)CCC[C@]2(C)C3=CC(=O)C=C[C@]3(C(Cl)Cl)CC[C@@H]12. The van der Waals surface area contributed by atoms with E-state index in [0.29, 0.717) is 12.8 Å². The van der Waals surface area contributed by atoms with Crippen LogP contribution in [-0.2, 0) is 9.59 Å². The minimum atomic E-state index is -0.766. The van der Waals surface area contributed by atoms with E-state index in [9.17, 15) is 14.7 Å². The molecule has 2 saturated carbocycles. The lowest BCUT2D eigenvalue weighted by Crippen LogP contribution is -2.55. The molecular formula is C18H22Cl2O3. The molecular weight excluding hydrogens is 335 g/mol. The number of carboxylic acids is 1. The largest absolute Gasteiger partial charge is 0.481 e. The van der Waals surface area contributed by atoms with Gasteiger partial charge in [0.2, 0.25) is 0 Å². The highest BCUT2D eigenvalue weighted by Gasteiger charge is 2.61. The summed E-state index contributed by atoms with van der Waals surface area (Å²) in [5.41, 5.74) is -0.723. The molecule has 126 valence electrons. The number of halogens is 2. The fourth-order valence-corrected chi connectivity index (χ4v) is 5.93. The van der Waals surface area contributed by atoms with Crippen LogP contribution in [0.5, 0.6) is 0 Å². The summed E-state index contributed by atoms with van der Waals surface area (Å²) >= 11 is 12.7. The van der Waals surface area contributed by atoms with Crippen molar-refractivity contribution >= 4 is 35.0 Å². The number of carbonyl (C=O) groups is 2. The third-order valence-electron chi connectivity index (χ3n) is 6.60. The van der Waals surface area contributed by atoms with Gasteiger partial charge < -0.3 is 5.11 Å². The summed E-state index contributed by atoms with van der Waals surface area (Å²) in [5, 5.41) is 9.82. The highest BCUT2D eigenvalue weighted by Crippen LogP contribution is 2.66. The Bertz CT molecular complexity index is 624. The van der Waals surface area contributed by atoms with Crippen LogP contribution in [0.4, 0.5) is 0 Å². The van der Waals surface area contributed by atoms with E-state index in [2.05, 4.69) is 6.92 Å². The maximum absolute atomic E-state index is 12.0. The molecule has 23 heavy (non-hydrogen) atoms. The molecule has 0 amide bonds. The fourth-order valence-electron chi connectivity index (χ4n) is 5.33. The summed E-state index contributed by atoms with van der Waals surface area (Å²) in [6.45, 7) is 3.95. The van der Waals surface area contributed by atoms with E-state index in [1.807, 2.05) is 13.0 Å². The van der Waals surface area contributed by atoms with Crippen molar-refractivity contribution in [2.75, 3.05) is 0 Å². The molecule has 0 saturated heterocycles. The van der Waals surface area contributed by atoms with Crippen molar-refractivity contribution in [3.63, 3.8) is 0 Å². The number of rotatable bonds is 2. The molecule has 0 radical (unpaired) electrons. The van der Waals surface area contributed by atoms with Gasteiger partial charge in [-0.25, -0.2) is 0 Å². The van der Waals surface area contributed by atoms with Crippen molar-refractivity contribution in [3.8, 4) is 0 Å². The fraction of sp³-hybridized carbons (Fsp3) is 0.667. The van der Waals surface area contributed by atoms with Crippen LogP contribution in [0.1, 0.15) is 46.0 Å². The number of fused-ring (bicyclic) bond motifs is 3. The molecule has 1 N–H and O–H groups in total. The van der Waals surface area contributed by atoms with Gasteiger partial charge in [-0.05, 0) is 61.7 Å². The van der Waals surface area contributed by atoms with Gasteiger partial charge in [0.05, 0.1) is 5.41 Å². The number of allylic oxidation sites excluding steroid dienone is 4. The third-order valence-corrected chi connectivity index (χ3v) is 7.38. The molecule has 3 nitrogen and oxygen atoms in total. The van der Waals surface area contributed by atoms with Gasteiger partial charge in [0, 0.05) is 5.41 Å². The van der Waals surface area contributed by atoms with E-state index in [1.165, 1.54) is 0 Å². The molecule has 5 heteroatoms. The lowest BCUT2D eigenvalue weighted by Gasteiger charge is -2.59. The zero-order valence-corrected chi connectivity index (χ0v) is 15.0. The van der Waals surface area contributed by atoms with Gasteiger partial charge in [0.15, 0.2) is 5.78 Å². The van der Waals surface area contributed by atoms with Crippen LogP contribution in [0.2, 0.25) is 0 Å². The van der Waals surface area contributed by atoms with Crippen molar-refractivity contribution in [2.24, 2.45) is 22.2 Å². The van der Waals surface area contributed by atoms with Gasteiger partial charge in [-0.1, -0.05) is 19.4 Å². The zero-order chi connectivity index (χ0) is 17.0. The highest BCUT2D eigenvalue weighted by molar-refractivity contribution is 6.45. The average Bonchev–Trinajstić information content (AvgIpc) is 2.47. The minimum Gasteiger partial charge on any atom is -0.481 e. The number of hydrogen-bond donors (Lipinski definition) is 1. The van der Waals surface area contributed by atoms with Crippen molar-refractivity contribution in [1.29, 1.82) is 0 Å². The summed E-state index contributed by atoms with van der Waals surface area (Å²) in [6.07, 6.45) is 8.88. The predicted octanol–water partition coefficient (Wildman–Crippen LogP) is 4.53. The van der Waals surface area contributed by atoms with Crippen molar-refractivity contribution < 1.29 is 14.7 Å². The average molecular weight is 357 g/mol. The highest BCUT2D eigenvalue weighted by atomic mass is 35.5. The number of aliphatic carboxylic acids is 1. The first-order valence-electron chi connectivity index (χ1n) is 8.14. The minimum absolute atomic E-state index is 0.00740. The summed E-state index contributed by atoms with van der Waals surface area (Å²) < 4.78 is 0. The number of alkyl halides is 2. The van der Waals surface area contributed by atoms with Gasteiger partial charge >= 0.3 is 5.97 Å². The van der Waals surface area contributed by atoms with Gasteiger partial charge in [-0.15, -0.1) is 23.2 Å². The molecule has 0 bridgehead atoms. The molecule has 0 aromatic heterocycles. The number of carboxylic acid groups (broad SMARTS) is 1. The number of carbonyl (C=O) groups excluding carboxylic acids is 1. The summed E-state index contributed by atoms with van der Waals surface area (Å²) in [6, 6.07) is 0. The first-order valence-corrected chi connectivity index (χ1v) is 9.01. The van der Waals surface area contributed by atoms with Crippen LogP contribution < -0.4 is 0 Å². The molecule has 4 atom stereocenters. The number of hydrogen-bond acceptors (Lipinski definition) is 2. The Hall–Kier alpha value is -0.800. The molecule has 2 fully saturated rings. The van der Waals surface area contributed by atoms with Gasteiger partial charge in [0.1, 0.15) is 4.84 Å². The Labute approximate surface area is 146 Å². The second-order valence-corrected chi connectivity index (χ2v) is 8.82. The standard InChI is InChI=1S/C18H22Cl2O3/c1-16-6-3-7-17(2,15(22)23)12(16)5-9-18(14(19)20)8-4-11(21)10-13(16)18/h4,8,10,12,14H,3,5-7,9H2,1-2H3,(H,22,23)/t12-,16+,17+,18+/m1/s1. The van der Waals surface area contributed by atoms with E-state index in [-0.39, 0.29) is 17.1 Å². The molecule has 3 rings (SSSR count). The molecule has 0 aromatic carbocycles. The molecule has 0 aliphatic heterocycles. The predicted molar refractivity (Wildman–Crippen MR) is 90.6 cm³/mol. The lowest BCUT2D eigenvalue weighted by molar-refractivity contribution is -0.160. The van der Waals surface area contributed by atoms with Crippen LogP contribution in [-0.4, -0.2) is 21.7 Å². The summed E-state index contributed by atoms with van der Waals surface area (Å²) in [5.74, 6) is -0.811. The van der Waals surface area contributed by atoms with Crippen molar-refractivity contribution in [2.45, 2.75) is 50.8 Å². The summed E-state index contributed by atoms with van der Waals surface area (Å²) in [4.78, 5) is 23.3. The van der Waals surface area contributed by atoms with Crippen LogP contribution >= 0.6 is 23.2 Å². The first-order chi connectivity index (χ1) is 10.7. The van der Waals surface area contributed by atoms with E-state index in [1.54, 1.807) is 12.2 Å². The zero-order valence-electron chi connectivity index (χ0n) is 13.4. The first kappa shape index (κ1) is 17.0. The molecule has 0 heterocycles. The van der Waals surface area contributed by atoms with E-state index >= 15 is 0 Å². The normalized spacial score (nSPS) is 42.9.